The van der Waals surface area contributed by atoms with Gasteiger partial charge in [-0.05, 0) is 69.1 Å². The van der Waals surface area contributed by atoms with E-state index in [9.17, 15) is 9.18 Å². The van der Waals surface area contributed by atoms with Crippen molar-refractivity contribution < 1.29 is 13.6 Å². The van der Waals surface area contributed by atoms with Gasteiger partial charge in [0.15, 0.2) is 0 Å². The summed E-state index contributed by atoms with van der Waals surface area (Å²) in [6.45, 7) is 9.24. The van der Waals surface area contributed by atoms with Gasteiger partial charge in [0.25, 0.3) is 0 Å². The zero-order valence-electron chi connectivity index (χ0n) is 21.3. The number of para-hydroxylation sites is 1. The van der Waals surface area contributed by atoms with E-state index in [-0.39, 0.29) is 17.6 Å². The summed E-state index contributed by atoms with van der Waals surface area (Å²) in [5.41, 5.74) is 3.90. The molecule has 2 aliphatic rings. The highest BCUT2D eigenvalue weighted by Gasteiger charge is 2.31. The molecule has 3 heterocycles. The van der Waals surface area contributed by atoms with Crippen LogP contribution in [0.3, 0.4) is 0 Å². The van der Waals surface area contributed by atoms with Crippen LogP contribution >= 0.6 is 0 Å². The summed E-state index contributed by atoms with van der Waals surface area (Å²) < 4.78 is 20.1. The molecule has 5 rings (SSSR count). The van der Waals surface area contributed by atoms with Crippen LogP contribution in [0.5, 0.6) is 0 Å². The molecule has 3 aromatic rings. The van der Waals surface area contributed by atoms with Gasteiger partial charge in [0.05, 0.1) is 11.4 Å². The van der Waals surface area contributed by atoms with E-state index in [0.717, 1.165) is 55.9 Å². The molecular formula is C29H35FN4O2. The Hall–Kier alpha value is -3.19. The van der Waals surface area contributed by atoms with E-state index in [1.54, 1.807) is 6.07 Å². The van der Waals surface area contributed by atoms with Gasteiger partial charge >= 0.3 is 0 Å². The van der Waals surface area contributed by atoms with Crippen molar-refractivity contribution in [3.63, 3.8) is 0 Å². The van der Waals surface area contributed by atoms with Crippen LogP contribution in [0.15, 0.2) is 52.9 Å². The van der Waals surface area contributed by atoms with Crippen molar-refractivity contribution in [2.75, 3.05) is 44.2 Å². The number of benzene rings is 2. The van der Waals surface area contributed by atoms with Crippen molar-refractivity contribution in [1.29, 1.82) is 0 Å². The highest BCUT2D eigenvalue weighted by atomic mass is 19.1. The number of carbonyl (C=O) groups is 1. The Bertz CT molecular complexity index is 1180. The second-order valence-corrected chi connectivity index (χ2v) is 9.89. The molecule has 0 N–H and O–H groups in total. The van der Waals surface area contributed by atoms with Crippen LogP contribution in [0.4, 0.5) is 10.1 Å². The van der Waals surface area contributed by atoms with Crippen LogP contribution in [0, 0.1) is 18.7 Å². The van der Waals surface area contributed by atoms with E-state index in [4.69, 9.17) is 9.40 Å². The van der Waals surface area contributed by atoms with Crippen molar-refractivity contribution in [2.24, 2.45) is 5.92 Å². The fourth-order valence-electron chi connectivity index (χ4n) is 5.27. The number of rotatable bonds is 6. The molecule has 2 saturated heterocycles. The molecule has 2 aromatic carbocycles. The maximum atomic E-state index is 14.1. The van der Waals surface area contributed by atoms with Crippen molar-refractivity contribution in [3.05, 3.63) is 71.4 Å². The normalized spacial score (nSPS) is 17.5. The third-order valence-corrected chi connectivity index (χ3v) is 7.60. The molecule has 0 bridgehead atoms. The molecule has 0 aliphatic carbocycles. The standard InChI is InChI=1S/C29H35FN4O2/c1-3-22-8-10-23(11-9-22)28-31-26(21(2)36-28)20-32-14-12-24(13-15-32)29(35)34-18-16-33(17-19-34)27-7-5-4-6-25(27)30/h4-11,24H,3,12-20H2,1-2H3. The topological polar surface area (TPSA) is 52.8 Å². The third kappa shape index (κ3) is 5.31. The first-order chi connectivity index (χ1) is 17.5. The summed E-state index contributed by atoms with van der Waals surface area (Å²) >= 11 is 0. The number of carbonyl (C=O) groups excluding carboxylic acids is 1. The lowest BCUT2D eigenvalue weighted by Gasteiger charge is -2.39. The van der Waals surface area contributed by atoms with E-state index >= 15 is 0 Å². The van der Waals surface area contributed by atoms with Crippen molar-refractivity contribution in [3.8, 4) is 11.5 Å². The molecule has 1 aromatic heterocycles. The van der Waals surface area contributed by atoms with Gasteiger partial charge in [-0.25, -0.2) is 9.37 Å². The second-order valence-electron chi connectivity index (χ2n) is 9.89. The Morgan fingerprint density at radius 1 is 1.00 bits per heavy atom. The van der Waals surface area contributed by atoms with Gasteiger partial charge in [-0.1, -0.05) is 31.2 Å². The van der Waals surface area contributed by atoms with E-state index in [1.165, 1.54) is 11.6 Å². The van der Waals surface area contributed by atoms with Crippen LogP contribution in [0.1, 0.15) is 36.8 Å². The molecule has 36 heavy (non-hydrogen) atoms. The number of anilines is 1. The first kappa shape index (κ1) is 24.5. The zero-order chi connectivity index (χ0) is 25.1. The van der Waals surface area contributed by atoms with Crippen LogP contribution in [-0.4, -0.2) is 60.0 Å². The summed E-state index contributed by atoms with van der Waals surface area (Å²) in [7, 11) is 0. The zero-order valence-corrected chi connectivity index (χ0v) is 21.3. The largest absolute Gasteiger partial charge is 0.441 e. The molecule has 2 fully saturated rings. The Balaban J connectivity index is 1.11. The third-order valence-electron chi connectivity index (χ3n) is 7.60. The first-order valence-corrected chi connectivity index (χ1v) is 13.1. The van der Waals surface area contributed by atoms with Crippen molar-refractivity contribution >= 4 is 11.6 Å². The summed E-state index contributed by atoms with van der Waals surface area (Å²) in [6.07, 6.45) is 2.72. The predicted octanol–water partition coefficient (Wildman–Crippen LogP) is 4.91. The van der Waals surface area contributed by atoms with Crippen LogP contribution in [0.2, 0.25) is 0 Å². The number of oxazole rings is 1. The van der Waals surface area contributed by atoms with E-state index in [2.05, 4.69) is 36.1 Å². The second kappa shape index (κ2) is 10.8. The lowest BCUT2D eigenvalue weighted by Crippen LogP contribution is -2.51. The molecule has 1 amide bonds. The molecule has 0 atom stereocenters. The number of aryl methyl sites for hydroxylation is 2. The van der Waals surface area contributed by atoms with Crippen LogP contribution in [0.25, 0.3) is 11.5 Å². The SMILES string of the molecule is CCc1ccc(-c2nc(CN3CCC(C(=O)N4CCN(c5ccccc5F)CC4)CC3)c(C)o2)cc1. The number of nitrogens with zero attached hydrogens (tertiary/aromatic N) is 4. The summed E-state index contributed by atoms with van der Waals surface area (Å²) in [4.78, 5) is 24.3. The van der Waals surface area contributed by atoms with Gasteiger partial charge in [0.1, 0.15) is 11.6 Å². The van der Waals surface area contributed by atoms with Gasteiger partial charge in [-0.2, -0.15) is 0 Å². The quantitative estimate of drug-likeness (QED) is 0.491. The van der Waals surface area contributed by atoms with E-state index in [0.29, 0.717) is 37.8 Å². The number of piperidine rings is 1. The van der Waals surface area contributed by atoms with Gasteiger partial charge < -0.3 is 14.2 Å². The minimum atomic E-state index is -0.200. The monoisotopic (exact) mass is 490 g/mol. The van der Waals surface area contributed by atoms with E-state index < -0.39 is 0 Å². The number of amides is 1. The first-order valence-electron chi connectivity index (χ1n) is 13.1. The van der Waals surface area contributed by atoms with Crippen LogP contribution < -0.4 is 4.90 Å². The Labute approximate surface area is 212 Å². The molecule has 2 aliphatic heterocycles. The number of likely N-dealkylation sites (tertiary alicyclic amines) is 1. The summed E-state index contributed by atoms with van der Waals surface area (Å²) in [6, 6.07) is 15.2. The van der Waals surface area contributed by atoms with Crippen LogP contribution in [-0.2, 0) is 17.8 Å². The smallest absolute Gasteiger partial charge is 0.226 e. The minimum absolute atomic E-state index is 0.0623. The average molecular weight is 491 g/mol. The molecular weight excluding hydrogens is 455 g/mol. The molecule has 0 spiro atoms. The lowest BCUT2D eigenvalue weighted by molar-refractivity contribution is -0.137. The van der Waals surface area contributed by atoms with E-state index in [1.807, 2.05) is 28.9 Å². The van der Waals surface area contributed by atoms with Crippen molar-refractivity contribution in [1.82, 2.24) is 14.8 Å². The molecule has 6 nitrogen and oxygen atoms in total. The Morgan fingerprint density at radius 2 is 1.69 bits per heavy atom. The molecule has 7 heteroatoms. The lowest BCUT2D eigenvalue weighted by atomic mass is 9.94. The minimum Gasteiger partial charge on any atom is -0.441 e. The van der Waals surface area contributed by atoms with Gasteiger partial charge in [0.2, 0.25) is 11.8 Å². The number of hydrogen-bond acceptors (Lipinski definition) is 5. The predicted molar refractivity (Wildman–Crippen MR) is 139 cm³/mol. The molecule has 190 valence electrons. The average Bonchev–Trinajstić information content (AvgIpc) is 3.29. The fraction of sp³-hybridized carbons (Fsp3) is 0.448. The van der Waals surface area contributed by atoms with Gasteiger partial charge in [-0.3, -0.25) is 9.69 Å². The Kier molecular flexibility index (Phi) is 7.37. The molecule has 0 unspecified atom stereocenters. The highest BCUT2D eigenvalue weighted by molar-refractivity contribution is 5.79. The summed E-state index contributed by atoms with van der Waals surface area (Å²) in [5.74, 6) is 1.64. The van der Waals surface area contributed by atoms with Crippen molar-refractivity contribution in [2.45, 2.75) is 39.7 Å². The number of halogens is 1. The highest BCUT2D eigenvalue weighted by Crippen LogP contribution is 2.27. The molecule has 0 radical (unpaired) electrons. The molecule has 0 saturated carbocycles. The number of hydrogen-bond donors (Lipinski definition) is 0. The summed E-state index contributed by atoms with van der Waals surface area (Å²) in [5, 5.41) is 0. The van der Waals surface area contributed by atoms with Gasteiger partial charge in [0, 0.05) is 44.2 Å². The number of piperazine rings is 1. The maximum Gasteiger partial charge on any atom is 0.226 e. The Morgan fingerprint density at radius 3 is 2.36 bits per heavy atom. The van der Waals surface area contributed by atoms with Gasteiger partial charge in [-0.15, -0.1) is 0 Å². The number of aromatic nitrogens is 1. The maximum absolute atomic E-state index is 14.1. The fourth-order valence-corrected chi connectivity index (χ4v) is 5.27.